The highest BCUT2D eigenvalue weighted by atomic mass is 79.9. The first-order chi connectivity index (χ1) is 8.22. The minimum atomic E-state index is 0.276. The maximum Gasteiger partial charge on any atom is 0.139 e. The Kier molecular flexibility index (Phi) is 6.65. The van der Waals surface area contributed by atoms with E-state index in [0.717, 1.165) is 22.9 Å². The maximum absolute atomic E-state index is 8.34. The van der Waals surface area contributed by atoms with Gasteiger partial charge in [-0.05, 0) is 30.5 Å². The molecule has 0 aliphatic carbocycles. The van der Waals surface area contributed by atoms with E-state index in [2.05, 4.69) is 21.1 Å². The zero-order valence-electron chi connectivity index (χ0n) is 9.60. The summed E-state index contributed by atoms with van der Waals surface area (Å²) < 4.78 is 6.59. The van der Waals surface area contributed by atoms with Crippen molar-refractivity contribution in [2.75, 3.05) is 6.61 Å². The number of nitrogens with zero attached hydrogens (tertiary/aromatic N) is 1. The van der Waals surface area contributed by atoms with Crippen LogP contribution in [0.1, 0.15) is 24.8 Å². The van der Waals surface area contributed by atoms with Gasteiger partial charge in [-0.15, -0.1) is 0 Å². The van der Waals surface area contributed by atoms with Gasteiger partial charge in [-0.1, -0.05) is 33.2 Å². The molecule has 3 N–H and O–H groups in total. The van der Waals surface area contributed by atoms with Crippen LogP contribution in [0.3, 0.4) is 0 Å². The molecule has 1 aromatic carbocycles. The van der Waals surface area contributed by atoms with Crippen molar-refractivity contribution in [2.24, 2.45) is 10.9 Å². The Morgan fingerprint density at radius 3 is 2.65 bits per heavy atom. The van der Waals surface area contributed by atoms with Gasteiger partial charge in [-0.25, -0.2) is 0 Å². The lowest BCUT2D eigenvalue weighted by Gasteiger charge is -2.04. The third-order valence-electron chi connectivity index (χ3n) is 2.28. The van der Waals surface area contributed by atoms with Gasteiger partial charge < -0.3 is 15.7 Å². The Hall–Kier alpha value is -1.07. The molecule has 0 amide bonds. The molecular weight excluding hydrogens is 284 g/mol. The molecule has 0 saturated carbocycles. The second-order valence-electron chi connectivity index (χ2n) is 3.73. The number of amidine groups is 1. The molecule has 0 unspecified atom stereocenters. The first kappa shape index (κ1) is 14.0. The number of halogens is 1. The lowest BCUT2D eigenvalue weighted by molar-refractivity contribution is 0.117. The van der Waals surface area contributed by atoms with Crippen LogP contribution in [0.25, 0.3) is 0 Å². The van der Waals surface area contributed by atoms with Crippen LogP contribution < -0.4 is 5.73 Å². The van der Waals surface area contributed by atoms with E-state index in [9.17, 15) is 0 Å². The number of nitrogens with two attached hydrogens (primary N) is 1. The summed E-state index contributed by atoms with van der Waals surface area (Å²) in [6, 6.07) is 8.05. The van der Waals surface area contributed by atoms with Gasteiger partial charge in [-0.3, -0.25) is 0 Å². The minimum Gasteiger partial charge on any atom is -0.409 e. The summed E-state index contributed by atoms with van der Waals surface area (Å²) in [4.78, 5) is 0. The van der Waals surface area contributed by atoms with Gasteiger partial charge in [-0.2, -0.15) is 0 Å². The Morgan fingerprint density at radius 2 is 2.00 bits per heavy atom. The predicted octanol–water partition coefficient (Wildman–Crippen LogP) is 2.88. The van der Waals surface area contributed by atoms with Gasteiger partial charge in [0, 0.05) is 17.5 Å². The van der Waals surface area contributed by atoms with E-state index in [1.807, 2.05) is 24.3 Å². The molecule has 0 spiro atoms. The molecule has 0 bridgehead atoms. The maximum atomic E-state index is 8.34. The molecular formula is C12H17BrN2O2. The standard InChI is InChI=1S/C12H17BrN2O2/c13-11-6-4-10(5-7-11)9-17-8-2-1-3-12(14)15-16/h4-7,16H,1-3,8-9H2,(H2,14,15). The highest BCUT2D eigenvalue weighted by Gasteiger charge is 1.96. The van der Waals surface area contributed by atoms with Gasteiger partial charge in [0.2, 0.25) is 0 Å². The van der Waals surface area contributed by atoms with Crippen LogP contribution in [0.4, 0.5) is 0 Å². The molecule has 0 fully saturated rings. The third-order valence-corrected chi connectivity index (χ3v) is 2.81. The minimum absolute atomic E-state index is 0.276. The number of hydrogen-bond donors (Lipinski definition) is 2. The number of unbranched alkanes of at least 4 members (excludes halogenated alkanes) is 1. The van der Waals surface area contributed by atoms with E-state index in [4.69, 9.17) is 15.7 Å². The highest BCUT2D eigenvalue weighted by molar-refractivity contribution is 9.10. The van der Waals surface area contributed by atoms with E-state index >= 15 is 0 Å². The Bertz CT molecular complexity index is 352. The Labute approximate surface area is 110 Å². The van der Waals surface area contributed by atoms with Crippen LogP contribution in [0.5, 0.6) is 0 Å². The molecule has 0 aliphatic rings. The third kappa shape index (κ3) is 6.28. The van der Waals surface area contributed by atoms with Gasteiger partial charge in [0.15, 0.2) is 0 Å². The molecule has 0 radical (unpaired) electrons. The van der Waals surface area contributed by atoms with E-state index in [-0.39, 0.29) is 5.84 Å². The monoisotopic (exact) mass is 300 g/mol. The zero-order valence-corrected chi connectivity index (χ0v) is 11.2. The van der Waals surface area contributed by atoms with Gasteiger partial charge in [0.05, 0.1) is 6.61 Å². The SMILES string of the molecule is N/C(CCCCOCc1ccc(Br)cc1)=N/O. The van der Waals surface area contributed by atoms with Crippen molar-refractivity contribution in [1.29, 1.82) is 0 Å². The second-order valence-corrected chi connectivity index (χ2v) is 4.64. The average Bonchev–Trinajstić information content (AvgIpc) is 2.35. The molecule has 4 nitrogen and oxygen atoms in total. The average molecular weight is 301 g/mol. The van der Waals surface area contributed by atoms with Crippen molar-refractivity contribution < 1.29 is 9.94 Å². The Morgan fingerprint density at radius 1 is 1.29 bits per heavy atom. The second kappa shape index (κ2) is 8.08. The highest BCUT2D eigenvalue weighted by Crippen LogP contribution is 2.11. The van der Waals surface area contributed by atoms with E-state index in [0.29, 0.717) is 19.6 Å². The molecule has 5 heteroatoms. The number of benzene rings is 1. The van der Waals surface area contributed by atoms with E-state index in [1.54, 1.807) is 0 Å². The van der Waals surface area contributed by atoms with Crippen molar-refractivity contribution in [3.8, 4) is 0 Å². The molecule has 94 valence electrons. The number of oxime groups is 1. The van der Waals surface area contributed by atoms with Crippen molar-refractivity contribution in [2.45, 2.75) is 25.9 Å². The summed E-state index contributed by atoms with van der Waals surface area (Å²) in [7, 11) is 0. The van der Waals surface area contributed by atoms with Gasteiger partial charge >= 0.3 is 0 Å². The van der Waals surface area contributed by atoms with Gasteiger partial charge in [0.25, 0.3) is 0 Å². The molecule has 0 heterocycles. The summed E-state index contributed by atoms with van der Waals surface area (Å²) in [5.74, 6) is 0.276. The quantitative estimate of drug-likeness (QED) is 0.267. The molecule has 0 aromatic heterocycles. The fourth-order valence-corrected chi connectivity index (χ4v) is 1.60. The summed E-state index contributed by atoms with van der Waals surface area (Å²) in [5, 5.41) is 11.2. The number of hydrogen-bond acceptors (Lipinski definition) is 3. The van der Waals surface area contributed by atoms with Gasteiger partial charge in [0.1, 0.15) is 5.84 Å². The topological polar surface area (TPSA) is 67.8 Å². The van der Waals surface area contributed by atoms with Crippen LogP contribution >= 0.6 is 15.9 Å². The van der Waals surface area contributed by atoms with Crippen molar-refractivity contribution >= 4 is 21.8 Å². The van der Waals surface area contributed by atoms with E-state index in [1.165, 1.54) is 0 Å². The van der Waals surface area contributed by atoms with E-state index < -0.39 is 0 Å². The molecule has 17 heavy (non-hydrogen) atoms. The smallest absolute Gasteiger partial charge is 0.139 e. The molecule has 0 aliphatic heterocycles. The van der Waals surface area contributed by atoms with Crippen LogP contribution in [-0.2, 0) is 11.3 Å². The van der Waals surface area contributed by atoms with Crippen LogP contribution in [0.2, 0.25) is 0 Å². The predicted molar refractivity (Wildman–Crippen MR) is 71.1 cm³/mol. The fourth-order valence-electron chi connectivity index (χ4n) is 1.33. The Balaban J connectivity index is 2.06. The summed E-state index contributed by atoms with van der Waals surface area (Å²) >= 11 is 3.38. The first-order valence-corrected chi connectivity index (χ1v) is 6.30. The molecule has 0 saturated heterocycles. The van der Waals surface area contributed by atoms with Crippen molar-refractivity contribution in [3.05, 3.63) is 34.3 Å². The van der Waals surface area contributed by atoms with Crippen LogP contribution in [0, 0.1) is 0 Å². The van der Waals surface area contributed by atoms with Crippen molar-refractivity contribution in [1.82, 2.24) is 0 Å². The molecule has 1 aromatic rings. The molecule has 0 atom stereocenters. The summed E-state index contributed by atoms with van der Waals surface area (Å²) in [5.41, 5.74) is 6.50. The zero-order chi connectivity index (χ0) is 12.5. The summed E-state index contributed by atoms with van der Waals surface area (Å²) in [6.45, 7) is 1.31. The first-order valence-electron chi connectivity index (χ1n) is 5.51. The van der Waals surface area contributed by atoms with Crippen LogP contribution in [0.15, 0.2) is 33.9 Å². The fraction of sp³-hybridized carbons (Fsp3) is 0.417. The summed E-state index contributed by atoms with van der Waals surface area (Å²) in [6.07, 6.45) is 2.39. The lowest BCUT2D eigenvalue weighted by Crippen LogP contribution is -2.11. The number of ether oxygens (including phenoxy) is 1. The number of rotatable bonds is 7. The van der Waals surface area contributed by atoms with Crippen molar-refractivity contribution in [3.63, 3.8) is 0 Å². The normalized spacial score (nSPS) is 11.7. The largest absolute Gasteiger partial charge is 0.409 e. The lowest BCUT2D eigenvalue weighted by atomic mass is 10.2. The van der Waals surface area contributed by atoms with Crippen LogP contribution in [-0.4, -0.2) is 17.6 Å². The molecule has 1 rings (SSSR count).